The minimum Gasteiger partial charge on any atom is -0.466 e. The van der Waals surface area contributed by atoms with Crippen molar-refractivity contribution in [3.8, 4) is 0 Å². The van der Waals surface area contributed by atoms with Crippen LogP contribution < -0.4 is 0 Å². The van der Waals surface area contributed by atoms with E-state index in [-0.39, 0.29) is 17.8 Å². The van der Waals surface area contributed by atoms with E-state index < -0.39 is 7.60 Å². The molecular weight excluding hydrogens is 243 g/mol. The molecule has 1 fully saturated rings. The molecule has 2 unspecified atom stereocenters. The molecule has 1 aliphatic carbocycles. The first-order valence-corrected chi connectivity index (χ1v) is 7.83. The van der Waals surface area contributed by atoms with Gasteiger partial charge >= 0.3 is 13.6 Å². The van der Waals surface area contributed by atoms with E-state index in [0.717, 1.165) is 6.42 Å². The second-order valence-corrected chi connectivity index (χ2v) is 6.09. The summed E-state index contributed by atoms with van der Waals surface area (Å²) in [5, 5.41) is 0. The first-order valence-electron chi connectivity index (χ1n) is 6.11. The van der Waals surface area contributed by atoms with Gasteiger partial charge in [-0.05, 0) is 33.1 Å². The first-order chi connectivity index (χ1) is 8.06. The van der Waals surface area contributed by atoms with Gasteiger partial charge in [0.05, 0.1) is 31.9 Å². The Morgan fingerprint density at radius 2 is 1.76 bits per heavy atom. The van der Waals surface area contributed by atoms with E-state index in [1.54, 1.807) is 20.8 Å². The molecule has 2 atom stereocenters. The number of carbonyl (C=O) groups is 1. The fourth-order valence-corrected chi connectivity index (χ4v) is 3.86. The van der Waals surface area contributed by atoms with Crippen molar-refractivity contribution in [2.24, 2.45) is 11.8 Å². The second kappa shape index (κ2) is 6.53. The van der Waals surface area contributed by atoms with E-state index in [4.69, 9.17) is 13.8 Å². The molecular formula is C11H21O5P. The Morgan fingerprint density at radius 1 is 1.18 bits per heavy atom. The third kappa shape index (κ3) is 4.41. The lowest BCUT2D eigenvalue weighted by Gasteiger charge is -2.16. The minimum absolute atomic E-state index is 0.0815. The van der Waals surface area contributed by atoms with Crippen LogP contribution >= 0.6 is 7.60 Å². The maximum atomic E-state index is 12.2. The molecule has 0 spiro atoms. The summed E-state index contributed by atoms with van der Waals surface area (Å²) in [4.78, 5) is 11.4. The number of carbonyl (C=O) groups excluding carboxylic acids is 1. The van der Waals surface area contributed by atoms with Crippen molar-refractivity contribution < 1.29 is 23.1 Å². The molecule has 5 nitrogen and oxygen atoms in total. The highest BCUT2D eigenvalue weighted by atomic mass is 31.2. The van der Waals surface area contributed by atoms with Gasteiger partial charge in [-0.3, -0.25) is 9.36 Å². The van der Waals surface area contributed by atoms with Crippen LogP contribution in [0.5, 0.6) is 0 Å². The number of hydrogen-bond acceptors (Lipinski definition) is 5. The Morgan fingerprint density at radius 3 is 2.24 bits per heavy atom. The SMILES string of the molecule is CCOC(=O)C1CC1CP(=O)(OCC)OCC. The molecule has 6 heteroatoms. The molecule has 0 amide bonds. The molecule has 0 radical (unpaired) electrons. The third-order valence-corrected chi connectivity index (χ3v) is 4.84. The average Bonchev–Trinajstić information content (AvgIpc) is 2.97. The van der Waals surface area contributed by atoms with Crippen LogP contribution in [0.2, 0.25) is 0 Å². The maximum Gasteiger partial charge on any atom is 0.330 e. The van der Waals surface area contributed by atoms with Crippen molar-refractivity contribution in [3.05, 3.63) is 0 Å². The van der Waals surface area contributed by atoms with Crippen LogP contribution in [0.25, 0.3) is 0 Å². The van der Waals surface area contributed by atoms with E-state index in [2.05, 4.69) is 0 Å². The quantitative estimate of drug-likeness (QED) is 0.497. The topological polar surface area (TPSA) is 61.8 Å². The molecule has 17 heavy (non-hydrogen) atoms. The molecule has 0 saturated heterocycles. The van der Waals surface area contributed by atoms with Gasteiger partial charge in [0.15, 0.2) is 0 Å². The van der Waals surface area contributed by atoms with E-state index in [1.165, 1.54) is 0 Å². The third-order valence-electron chi connectivity index (χ3n) is 2.62. The Bertz CT molecular complexity index is 294. The lowest BCUT2D eigenvalue weighted by atomic mass is 10.3. The lowest BCUT2D eigenvalue weighted by molar-refractivity contribution is -0.144. The van der Waals surface area contributed by atoms with Gasteiger partial charge < -0.3 is 13.8 Å². The monoisotopic (exact) mass is 264 g/mol. The van der Waals surface area contributed by atoms with Gasteiger partial charge in [-0.15, -0.1) is 0 Å². The van der Waals surface area contributed by atoms with Crippen LogP contribution in [-0.4, -0.2) is 32.0 Å². The van der Waals surface area contributed by atoms with Gasteiger partial charge in [-0.2, -0.15) is 0 Å². The van der Waals surface area contributed by atoms with Crippen molar-refractivity contribution in [1.29, 1.82) is 0 Å². The highest BCUT2D eigenvalue weighted by Crippen LogP contribution is 2.56. The predicted octanol–water partition coefficient (Wildman–Crippen LogP) is 2.45. The molecule has 0 aromatic carbocycles. The van der Waals surface area contributed by atoms with Crippen molar-refractivity contribution in [1.82, 2.24) is 0 Å². The molecule has 1 saturated carbocycles. The van der Waals surface area contributed by atoms with Crippen LogP contribution in [0.1, 0.15) is 27.2 Å². The minimum atomic E-state index is -3.02. The van der Waals surface area contributed by atoms with Crippen molar-refractivity contribution in [3.63, 3.8) is 0 Å². The molecule has 0 N–H and O–H groups in total. The van der Waals surface area contributed by atoms with E-state index in [0.29, 0.717) is 26.0 Å². The maximum absolute atomic E-state index is 12.2. The highest BCUT2D eigenvalue weighted by molar-refractivity contribution is 7.53. The normalized spacial score (nSPS) is 23.5. The van der Waals surface area contributed by atoms with E-state index in [9.17, 15) is 9.36 Å². The van der Waals surface area contributed by atoms with Gasteiger partial charge in [-0.1, -0.05) is 0 Å². The Labute approximate surface area is 102 Å². The Balaban J connectivity index is 2.43. The fourth-order valence-electron chi connectivity index (χ4n) is 1.81. The van der Waals surface area contributed by atoms with Crippen LogP contribution in [0.3, 0.4) is 0 Å². The van der Waals surface area contributed by atoms with Crippen molar-refractivity contribution in [2.45, 2.75) is 27.2 Å². The number of esters is 1. The van der Waals surface area contributed by atoms with E-state index >= 15 is 0 Å². The van der Waals surface area contributed by atoms with Gasteiger partial charge in [0.2, 0.25) is 0 Å². The second-order valence-electron chi connectivity index (χ2n) is 3.98. The lowest BCUT2D eigenvalue weighted by Crippen LogP contribution is -2.10. The Kier molecular flexibility index (Phi) is 5.63. The van der Waals surface area contributed by atoms with Gasteiger partial charge in [0.1, 0.15) is 0 Å². The number of hydrogen-bond donors (Lipinski definition) is 0. The van der Waals surface area contributed by atoms with Gasteiger partial charge in [0, 0.05) is 0 Å². The average molecular weight is 264 g/mol. The van der Waals surface area contributed by atoms with Crippen molar-refractivity contribution in [2.75, 3.05) is 26.0 Å². The van der Waals surface area contributed by atoms with Crippen LogP contribution in [0.4, 0.5) is 0 Å². The summed E-state index contributed by atoms with van der Waals surface area (Å²) in [5.41, 5.74) is 0. The molecule has 1 aliphatic rings. The summed E-state index contributed by atoms with van der Waals surface area (Å²) in [6.45, 7) is 6.43. The Hall–Kier alpha value is -0.380. The zero-order valence-electron chi connectivity index (χ0n) is 10.7. The summed E-state index contributed by atoms with van der Waals surface area (Å²) in [7, 11) is -3.02. The zero-order valence-corrected chi connectivity index (χ0v) is 11.6. The largest absolute Gasteiger partial charge is 0.466 e. The summed E-state index contributed by atoms with van der Waals surface area (Å²) >= 11 is 0. The highest BCUT2D eigenvalue weighted by Gasteiger charge is 2.48. The first kappa shape index (κ1) is 14.7. The summed E-state index contributed by atoms with van der Waals surface area (Å²) in [6, 6.07) is 0. The summed E-state index contributed by atoms with van der Waals surface area (Å²) in [6.07, 6.45) is 1.04. The molecule has 0 heterocycles. The molecule has 100 valence electrons. The van der Waals surface area contributed by atoms with Crippen LogP contribution in [0, 0.1) is 11.8 Å². The van der Waals surface area contributed by atoms with Crippen LogP contribution in [-0.2, 0) is 23.1 Å². The summed E-state index contributed by atoms with van der Waals surface area (Å²) < 4.78 is 27.5. The molecule has 0 aliphatic heterocycles. The van der Waals surface area contributed by atoms with Gasteiger partial charge in [-0.25, -0.2) is 0 Å². The molecule has 0 aromatic heterocycles. The molecule has 1 rings (SSSR count). The smallest absolute Gasteiger partial charge is 0.330 e. The molecule has 0 bridgehead atoms. The summed E-state index contributed by atoms with van der Waals surface area (Å²) in [5.74, 6) is -0.237. The van der Waals surface area contributed by atoms with Gasteiger partial charge in [0.25, 0.3) is 0 Å². The molecule has 0 aromatic rings. The van der Waals surface area contributed by atoms with Crippen molar-refractivity contribution >= 4 is 13.6 Å². The standard InChI is InChI=1S/C11H21O5P/c1-4-14-11(12)10-7-9(10)8-17(13,15-5-2)16-6-3/h9-10H,4-8H2,1-3H3. The van der Waals surface area contributed by atoms with E-state index in [1.807, 2.05) is 0 Å². The zero-order chi connectivity index (χ0) is 12.9. The fraction of sp³-hybridized carbons (Fsp3) is 0.909. The van der Waals surface area contributed by atoms with Crippen LogP contribution in [0.15, 0.2) is 0 Å². The number of ether oxygens (including phenoxy) is 1. The number of rotatable bonds is 8. The predicted molar refractivity (Wildman–Crippen MR) is 64.0 cm³/mol.